The Balaban J connectivity index is 1.36. The first-order chi connectivity index (χ1) is 21.7. The summed E-state index contributed by atoms with van der Waals surface area (Å²) in [5.41, 5.74) is 3.27. The summed E-state index contributed by atoms with van der Waals surface area (Å²) >= 11 is 6.57. The Bertz CT molecular complexity index is 1540. The molecule has 4 fully saturated rings. The van der Waals surface area contributed by atoms with Gasteiger partial charge in [0.25, 0.3) is 5.91 Å². The molecule has 1 heterocycles. The summed E-state index contributed by atoms with van der Waals surface area (Å²) in [6.45, 7) is 9.43. The number of rotatable bonds is 11. The normalized spacial score (nSPS) is 24.9. The van der Waals surface area contributed by atoms with Crippen LogP contribution in [0.2, 0.25) is 5.02 Å². The molecule has 9 heteroatoms. The van der Waals surface area contributed by atoms with Crippen LogP contribution in [0, 0.1) is 30.6 Å². The van der Waals surface area contributed by atoms with Crippen molar-refractivity contribution in [1.29, 1.82) is 0 Å². The Hall–Kier alpha value is -3.62. The standard InChI is InChI=1S/C36H42ClN3O5/c1-4-40(5-2)14-15-44-32-21-25(10-12-30(32)37)33-29(28-9-7-6-8-22(28)3)11-13-31(38-33)34(41)39-36(45-35(42)43)26-17-23-16-24(19-26)20-27(36)18-23/h6-13,21,23-24,26-27H,4-5,14-20H2,1-3H3,(H,39,41)(H,42,43). The third-order valence-corrected chi connectivity index (χ3v) is 10.6. The topological polar surface area (TPSA) is 101 Å². The predicted molar refractivity (Wildman–Crippen MR) is 174 cm³/mol. The third kappa shape index (κ3) is 6.27. The first-order valence-corrected chi connectivity index (χ1v) is 16.5. The van der Waals surface area contributed by atoms with Crippen molar-refractivity contribution in [2.75, 3.05) is 26.2 Å². The van der Waals surface area contributed by atoms with E-state index in [4.69, 9.17) is 26.1 Å². The van der Waals surface area contributed by atoms with Gasteiger partial charge in [0.15, 0.2) is 5.72 Å². The number of carboxylic acid groups (broad SMARTS) is 1. The summed E-state index contributed by atoms with van der Waals surface area (Å²) in [6, 6.07) is 17.2. The van der Waals surface area contributed by atoms with E-state index in [1.165, 1.54) is 6.42 Å². The number of halogens is 1. The van der Waals surface area contributed by atoms with Crippen LogP contribution in [0.1, 0.15) is 62.0 Å². The van der Waals surface area contributed by atoms with Gasteiger partial charge in [0.05, 0.1) is 10.7 Å². The van der Waals surface area contributed by atoms with Gasteiger partial charge >= 0.3 is 6.16 Å². The highest BCUT2D eigenvalue weighted by Crippen LogP contribution is 2.58. The fraction of sp³-hybridized carbons (Fsp3) is 0.472. The lowest BCUT2D eigenvalue weighted by atomic mass is 9.52. The van der Waals surface area contributed by atoms with E-state index in [2.05, 4.69) is 24.1 Å². The lowest BCUT2D eigenvalue weighted by molar-refractivity contribution is -0.191. The molecular formula is C36H42ClN3O5. The minimum absolute atomic E-state index is 0.0353. The molecule has 4 bridgehead atoms. The Morgan fingerprint density at radius 2 is 1.67 bits per heavy atom. The van der Waals surface area contributed by atoms with Crippen LogP contribution in [0.5, 0.6) is 5.75 Å². The number of hydrogen-bond donors (Lipinski definition) is 2. The summed E-state index contributed by atoms with van der Waals surface area (Å²) in [5.74, 6) is 1.18. The molecule has 238 valence electrons. The first-order valence-electron chi connectivity index (χ1n) is 16.2. The van der Waals surface area contributed by atoms with Crippen molar-refractivity contribution in [3.05, 3.63) is 70.9 Å². The summed E-state index contributed by atoms with van der Waals surface area (Å²) in [4.78, 5) is 33.2. The average molecular weight is 632 g/mol. The number of nitrogens with zero attached hydrogens (tertiary/aromatic N) is 2. The molecule has 8 nitrogen and oxygen atoms in total. The number of aromatic nitrogens is 1. The van der Waals surface area contributed by atoms with Crippen molar-refractivity contribution in [2.24, 2.45) is 23.7 Å². The lowest BCUT2D eigenvalue weighted by Gasteiger charge is -2.59. The predicted octanol–water partition coefficient (Wildman–Crippen LogP) is 7.67. The number of amides is 1. The van der Waals surface area contributed by atoms with Crippen molar-refractivity contribution < 1.29 is 24.2 Å². The Morgan fingerprint density at radius 1 is 0.978 bits per heavy atom. The second-order valence-electron chi connectivity index (χ2n) is 12.8. The maximum Gasteiger partial charge on any atom is 0.507 e. The van der Waals surface area contributed by atoms with E-state index in [9.17, 15) is 14.7 Å². The van der Waals surface area contributed by atoms with Crippen LogP contribution in [0.15, 0.2) is 54.6 Å². The third-order valence-electron chi connectivity index (χ3n) is 10.2. The number of carbonyl (C=O) groups is 2. The minimum atomic E-state index is -1.36. The van der Waals surface area contributed by atoms with Gasteiger partial charge in [-0.15, -0.1) is 0 Å². The number of carbonyl (C=O) groups excluding carboxylic acids is 1. The van der Waals surface area contributed by atoms with Gasteiger partial charge in [-0.25, -0.2) is 9.78 Å². The van der Waals surface area contributed by atoms with E-state index in [1.807, 2.05) is 49.4 Å². The van der Waals surface area contributed by atoms with Crippen LogP contribution in [0.3, 0.4) is 0 Å². The van der Waals surface area contributed by atoms with Crippen molar-refractivity contribution in [3.8, 4) is 28.1 Å². The molecule has 4 aliphatic rings. The zero-order chi connectivity index (χ0) is 31.7. The highest BCUT2D eigenvalue weighted by molar-refractivity contribution is 6.32. The van der Waals surface area contributed by atoms with Gasteiger partial charge in [-0.3, -0.25) is 4.79 Å². The molecule has 2 N–H and O–H groups in total. The fourth-order valence-corrected chi connectivity index (χ4v) is 8.32. The van der Waals surface area contributed by atoms with Crippen LogP contribution in [0.25, 0.3) is 22.4 Å². The van der Waals surface area contributed by atoms with Gasteiger partial charge in [0, 0.05) is 29.5 Å². The average Bonchev–Trinajstić information content (AvgIpc) is 3.02. The molecule has 3 aromatic rings. The molecule has 0 spiro atoms. The number of likely N-dealkylation sites (N-methyl/N-ethyl adjacent to an activating group) is 1. The van der Waals surface area contributed by atoms with Crippen molar-refractivity contribution in [2.45, 2.75) is 58.6 Å². The number of hydrogen-bond acceptors (Lipinski definition) is 6. The summed E-state index contributed by atoms with van der Waals surface area (Å²) in [6.07, 6.45) is 3.31. The Kier molecular flexibility index (Phi) is 9.07. The van der Waals surface area contributed by atoms with Gasteiger partial charge < -0.3 is 24.8 Å². The van der Waals surface area contributed by atoms with E-state index >= 15 is 0 Å². The maximum atomic E-state index is 14.0. The molecule has 0 atom stereocenters. The summed E-state index contributed by atoms with van der Waals surface area (Å²) in [5, 5.41) is 13.4. The molecule has 4 saturated carbocycles. The smallest absolute Gasteiger partial charge is 0.491 e. The van der Waals surface area contributed by atoms with Gasteiger partial charge in [-0.05, 0) is 99.3 Å². The van der Waals surface area contributed by atoms with E-state index in [0.717, 1.165) is 67.6 Å². The summed E-state index contributed by atoms with van der Waals surface area (Å²) in [7, 11) is 0. The quantitative estimate of drug-likeness (QED) is 0.165. The molecule has 45 heavy (non-hydrogen) atoms. The molecule has 7 rings (SSSR count). The van der Waals surface area contributed by atoms with Crippen LogP contribution < -0.4 is 10.1 Å². The highest BCUT2D eigenvalue weighted by atomic mass is 35.5. The Labute approximate surface area is 270 Å². The SMILES string of the molecule is CCN(CC)CCOc1cc(-c2nc(C(=O)NC3(OC(=O)O)C4CC5CC(C4)CC3C5)ccc2-c2ccccc2C)ccc1Cl. The molecule has 1 amide bonds. The Morgan fingerprint density at radius 3 is 2.31 bits per heavy atom. The van der Waals surface area contributed by atoms with Crippen molar-refractivity contribution in [3.63, 3.8) is 0 Å². The maximum absolute atomic E-state index is 14.0. The fourth-order valence-electron chi connectivity index (χ4n) is 8.15. The van der Waals surface area contributed by atoms with Gasteiger partial charge in [-0.1, -0.05) is 55.8 Å². The largest absolute Gasteiger partial charge is 0.507 e. The number of aryl methyl sites for hydroxylation is 1. The van der Waals surface area contributed by atoms with Gasteiger partial charge in [0.1, 0.15) is 18.1 Å². The number of nitrogens with one attached hydrogen (secondary N) is 1. The molecule has 0 saturated heterocycles. The molecular weight excluding hydrogens is 590 g/mol. The molecule has 0 radical (unpaired) electrons. The van der Waals surface area contributed by atoms with E-state index in [0.29, 0.717) is 34.9 Å². The molecule has 0 unspecified atom stereocenters. The number of pyridine rings is 1. The monoisotopic (exact) mass is 631 g/mol. The molecule has 4 aliphatic carbocycles. The lowest BCUT2D eigenvalue weighted by Crippen LogP contribution is -2.68. The molecule has 1 aromatic heterocycles. The van der Waals surface area contributed by atoms with Crippen LogP contribution >= 0.6 is 11.6 Å². The minimum Gasteiger partial charge on any atom is -0.491 e. The van der Waals surface area contributed by atoms with Gasteiger partial charge in [0.2, 0.25) is 0 Å². The second kappa shape index (κ2) is 13.0. The van der Waals surface area contributed by atoms with Crippen LogP contribution in [0.4, 0.5) is 4.79 Å². The summed E-state index contributed by atoms with van der Waals surface area (Å²) < 4.78 is 11.8. The van der Waals surface area contributed by atoms with E-state index in [-0.39, 0.29) is 17.5 Å². The van der Waals surface area contributed by atoms with Crippen molar-refractivity contribution in [1.82, 2.24) is 15.2 Å². The number of benzene rings is 2. The van der Waals surface area contributed by atoms with Crippen LogP contribution in [-0.4, -0.2) is 59.0 Å². The first kappa shape index (κ1) is 31.4. The molecule has 0 aliphatic heterocycles. The highest BCUT2D eigenvalue weighted by Gasteiger charge is 2.60. The zero-order valence-electron chi connectivity index (χ0n) is 26.2. The van der Waals surface area contributed by atoms with E-state index < -0.39 is 17.8 Å². The van der Waals surface area contributed by atoms with Gasteiger partial charge in [-0.2, -0.15) is 0 Å². The van der Waals surface area contributed by atoms with E-state index in [1.54, 1.807) is 12.1 Å². The second-order valence-corrected chi connectivity index (χ2v) is 13.3. The number of ether oxygens (including phenoxy) is 2. The van der Waals surface area contributed by atoms with Crippen LogP contribution in [-0.2, 0) is 4.74 Å². The van der Waals surface area contributed by atoms with Crippen molar-refractivity contribution >= 4 is 23.7 Å². The molecule has 2 aromatic carbocycles. The zero-order valence-corrected chi connectivity index (χ0v) is 27.0.